The van der Waals surface area contributed by atoms with Crippen LogP contribution in [0.5, 0.6) is 5.75 Å². The van der Waals surface area contributed by atoms with E-state index < -0.39 is 0 Å². The molecule has 0 aliphatic heterocycles. The van der Waals surface area contributed by atoms with Crippen molar-refractivity contribution in [1.82, 2.24) is 0 Å². The van der Waals surface area contributed by atoms with Crippen molar-refractivity contribution in [3.8, 4) is 5.75 Å². The van der Waals surface area contributed by atoms with E-state index in [-0.39, 0.29) is 30.2 Å². The maximum atomic E-state index is 9.18. The van der Waals surface area contributed by atoms with E-state index in [2.05, 4.69) is 93.6 Å². The summed E-state index contributed by atoms with van der Waals surface area (Å²) in [6, 6.07) is 7.39. The van der Waals surface area contributed by atoms with Crippen LogP contribution in [0, 0.1) is 11.5 Å². The molecule has 0 radical (unpaired) electrons. The summed E-state index contributed by atoms with van der Waals surface area (Å²) in [5.74, 6) is 0.345. The van der Waals surface area contributed by atoms with E-state index in [4.69, 9.17) is 0 Å². The fourth-order valence-electron chi connectivity index (χ4n) is 2.14. The van der Waals surface area contributed by atoms with Gasteiger partial charge in [-0.1, -0.05) is 53.7 Å². The molecule has 2 rings (SSSR count). The molecule has 0 unspecified atom stereocenters. The van der Waals surface area contributed by atoms with Crippen LogP contribution in [0.1, 0.15) is 80.2 Å². The van der Waals surface area contributed by atoms with Crippen LogP contribution in [0.4, 0.5) is 0 Å². The molecule has 0 saturated heterocycles. The van der Waals surface area contributed by atoms with Crippen molar-refractivity contribution in [3.63, 3.8) is 0 Å². The van der Waals surface area contributed by atoms with Gasteiger partial charge in [0.15, 0.2) is 0 Å². The molecule has 0 saturated carbocycles. The van der Waals surface area contributed by atoms with Gasteiger partial charge in [0.05, 0.1) is 0 Å². The molecular weight excluding hydrogens is 423 g/mol. The molecule has 159 valence electrons. The Hall–Kier alpha value is -0.336. The molecule has 0 amide bonds. The summed E-state index contributed by atoms with van der Waals surface area (Å²) < 4.78 is 1.59. The van der Waals surface area contributed by atoms with Gasteiger partial charge in [0.2, 0.25) is 0 Å². The first-order valence-corrected chi connectivity index (χ1v) is 10.3. The predicted molar refractivity (Wildman–Crippen MR) is 127 cm³/mol. The molecule has 0 bridgehead atoms. The van der Waals surface area contributed by atoms with Crippen molar-refractivity contribution in [2.24, 2.45) is 5.41 Å². The molecule has 0 spiro atoms. The molecule has 0 heterocycles. The Morgan fingerprint density at radius 3 is 1.75 bits per heavy atom. The predicted octanol–water partition coefficient (Wildman–Crippen LogP) is 7.78. The summed E-state index contributed by atoms with van der Waals surface area (Å²) in [5.41, 5.74) is 2.94. The van der Waals surface area contributed by atoms with Crippen LogP contribution in [-0.2, 0) is 25.4 Å². The molecule has 4 heteroatoms. The largest absolute Gasteiger partial charge is 0.147 e. The fourth-order valence-corrected chi connectivity index (χ4v) is 2.14. The fraction of sp³-hybridized carbons (Fsp3) is 0.542. The molecule has 0 atom stereocenters. The first-order chi connectivity index (χ1) is 11.9. The second kappa shape index (κ2) is 15.5. The Bertz CT molecular complexity index is 614. The molecule has 28 heavy (non-hydrogen) atoms. The average molecular weight is 462 g/mol. The van der Waals surface area contributed by atoms with E-state index in [0.29, 0.717) is 11.2 Å². The minimum absolute atomic E-state index is 0. The average Bonchev–Trinajstić information content (AvgIpc) is 3.09. The van der Waals surface area contributed by atoms with Crippen LogP contribution >= 0.6 is 24.8 Å². The van der Waals surface area contributed by atoms with Crippen LogP contribution in [0.15, 0.2) is 42.0 Å². The van der Waals surface area contributed by atoms with Crippen molar-refractivity contribution in [3.05, 3.63) is 53.6 Å². The Balaban J connectivity index is -0.000000337. The summed E-state index contributed by atoms with van der Waals surface area (Å²) >= 11 is 2.19. The van der Waals surface area contributed by atoms with Gasteiger partial charge in [0.25, 0.3) is 0 Å². The maximum absolute atomic E-state index is 9.18. The van der Waals surface area contributed by atoms with Crippen LogP contribution in [0.25, 0.3) is 0 Å². The molecule has 1 aliphatic rings. The Labute approximate surface area is 197 Å². The Morgan fingerprint density at radius 2 is 1.54 bits per heavy atom. The van der Waals surface area contributed by atoms with Crippen molar-refractivity contribution in [2.75, 3.05) is 0 Å². The summed E-state index contributed by atoms with van der Waals surface area (Å²) in [5, 5.41) is 9.18. The van der Waals surface area contributed by atoms with Crippen molar-refractivity contribution >= 4 is 28.6 Å². The molecule has 1 N–H and O–H groups in total. The van der Waals surface area contributed by atoms with E-state index in [1.165, 1.54) is 18.4 Å². The van der Waals surface area contributed by atoms with E-state index >= 15 is 0 Å². The maximum Gasteiger partial charge on any atom is -0.147 e. The van der Waals surface area contributed by atoms with Gasteiger partial charge in [-0.3, -0.25) is 6.08 Å². The zero-order valence-corrected chi connectivity index (χ0v) is 22.0. The molecular formula is C24H39Cl2OTi. The van der Waals surface area contributed by atoms with Gasteiger partial charge in [-0.05, 0) is 28.5 Å². The second-order valence-corrected chi connectivity index (χ2v) is 9.66. The minimum Gasteiger partial charge on any atom is -0.147 e. The van der Waals surface area contributed by atoms with E-state index in [9.17, 15) is 5.11 Å². The summed E-state index contributed by atoms with van der Waals surface area (Å²) in [6.07, 6.45) is 11.1. The standard InChI is InChI=1S/C10H14O.C9H13.C5H10.2ClH.Ti/c1-10(2,3)8-5-4-6-9(11)7-8;1-9(2,3)8-6-4-5-7-8;1-3-5-4-2;;;/h4-7,11H,1-3H3;4,6H,5H2,1-3H3;3-4H2,1-2H3;2*1H;/q;-1;;;;+1. The number of phenols is 1. The minimum atomic E-state index is 0. The Morgan fingerprint density at radius 1 is 1.00 bits per heavy atom. The van der Waals surface area contributed by atoms with Gasteiger partial charge in [-0.15, -0.1) is 31.2 Å². The number of halogens is 2. The first kappa shape index (κ1) is 32.3. The van der Waals surface area contributed by atoms with Crippen LogP contribution in [0.2, 0.25) is 0 Å². The number of phenolic OH excluding ortho intramolecular Hbond substituents is 1. The number of hydrogen-bond acceptors (Lipinski definition) is 1. The van der Waals surface area contributed by atoms with Crippen molar-refractivity contribution < 1.29 is 25.1 Å². The number of allylic oxidation sites excluding steroid dienone is 4. The zero-order chi connectivity index (χ0) is 20.4. The molecule has 0 aromatic heterocycles. The van der Waals surface area contributed by atoms with Crippen LogP contribution in [0.3, 0.4) is 0 Å². The van der Waals surface area contributed by atoms with E-state index in [1.54, 1.807) is 15.9 Å². The van der Waals surface area contributed by atoms with Gasteiger partial charge >= 0.3 is 50.5 Å². The normalized spacial score (nSPS) is 12.3. The summed E-state index contributed by atoms with van der Waals surface area (Å²) in [4.78, 5) is 0. The second-order valence-electron chi connectivity index (χ2n) is 8.56. The first-order valence-electron chi connectivity index (χ1n) is 9.55. The van der Waals surface area contributed by atoms with Crippen molar-refractivity contribution in [2.45, 2.75) is 80.1 Å². The SMILES string of the molecule is CC(C)(C)C1=[C-]CC=C1.CC(C)(C)c1cccc(O)c1.CC[C](=[Ti+])CC.Cl.Cl. The number of hydrogen-bond donors (Lipinski definition) is 1. The third kappa shape index (κ3) is 14.6. The van der Waals surface area contributed by atoms with E-state index in [0.717, 1.165) is 12.0 Å². The smallest absolute Gasteiger partial charge is 0.147 e. The monoisotopic (exact) mass is 461 g/mol. The van der Waals surface area contributed by atoms with Crippen LogP contribution in [-0.4, -0.2) is 8.92 Å². The summed E-state index contributed by atoms with van der Waals surface area (Å²) in [7, 11) is 0. The van der Waals surface area contributed by atoms with Gasteiger partial charge in [-0.2, -0.15) is 6.08 Å². The van der Waals surface area contributed by atoms with E-state index in [1.807, 2.05) is 12.1 Å². The molecule has 1 aliphatic carbocycles. The quantitative estimate of drug-likeness (QED) is 0.352. The molecule has 1 aromatic rings. The number of rotatable bonds is 2. The molecule has 1 aromatic carbocycles. The number of benzene rings is 1. The van der Waals surface area contributed by atoms with Gasteiger partial charge in [0.1, 0.15) is 5.75 Å². The van der Waals surface area contributed by atoms with Crippen LogP contribution < -0.4 is 0 Å². The zero-order valence-electron chi connectivity index (χ0n) is 18.8. The van der Waals surface area contributed by atoms with Crippen molar-refractivity contribution in [1.29, 1.82) is 0 Å². The molecule has 0 fully saturated rings. The van der Waals surface area contributed by atoms with Gasteiger partial charge < -0.3 is 5.11 Å². The summed E-state index contributed by atoms with van der Waals surface area (Å²) in [6.45, 7) is 17.4. The topological polar surface area (TPSA) is 20.2 Å². The molecule has 1 nitrogen and oxygen atoms in total. The Kier molecular flexibility index (Phi) is 17.9. The van der Waals surface area contributed by atoms with Gasteiger partial charge in [-0.25, -0.2) is 11.6 Å². The number of aromatic hydroxyl groups is 1. The third-order valence-corrected chi connectivity index (χ3v) is 5.17. The third-order valence-electron chi connectivity index (χ3n) is 4.07. The van der Waals surface area contributed by atoms with Gasteiger partial charge in [0, 0.05) is 0 Å².